The summed E-state index contributed by atoms with van der Waals surface area (Å²) in [6.45, 7) is 4.44. The van der Waals surface area contributed by atoms with E-state index in [1.807, 2.05) is 32.0 Å². The highest BCUT2D eigenvalue weighted by atomic mass is 35.5. The molecular formula is C17H22Cl2N2O2. The molecule has 0 atom stereocenters. The average molecular weight is 357 g/mol. The first-order valence-corrected chi connectivity index (χ1v) is 7.78. The maximum absolute atomic E-state index is 12.2. The Kier molecular flexibility index (Phi) is 7.13. The zero-order valence-corrected chi connectivity index (χ0v) is 14.8. The van der Waals surface area contributed by atoms with Gasteiger partial charge in [-0.25, -0.2) is 0 Å². The standard InChI is InChI=1S/C17H21ClN2O2.ClH/c1-3-17(19,4-2)11-20-16(21)15-10-9-14(22-15)12-7-5-6-8-13(12)18;/h5-10H,3-4,11,19H2,1-2H3,(H,20,21);1H. The summed E-state index contributed by atoms with van der Waals surface area (Å²) in [5.74, 6) is 0.556. The summed E-state index contributed by atoms with van der Waals surface area (Å²) < 4.78 is 5.61. The minimum atomic E-state index is -0.381. The molecule has 1 aromatic carbocycles. The highest BCUT2D eigenvalue weighted by molar-refractivity contribution is 6.33. The Balaban J connectivity index is 0.00000264. The van der Waals surface area contributed by atoms with E-state index in [1.165, 1.54) is 0 Å². The Morgan fingerprint density at radius 1 is 1.22 bits per heavy atom. The van der Waals surface area contributed by atoms with Crippen LogP contribution in [0.15, 0.2) is 40.8 Å². The van der Waals surface area contributed by atoms with Gasteiger partial charge >= 0.3 is 0 Å². The van der Waals surface area contributed by atoms with Crippen LogP contribution in [0.2, 0.25) is 5.02 Å². The molecule has 0 radical (unpaired) electrons. The van der Waals surface area contributed by atoms with E-state index in [9.17, 15) is 4.79 Å². The van der Waals surface area contributed by atoms with Crippen molar-refractivity contribution in [1.29, 1.82) is 0 Å². The van der Waals surface area contributed by atoms with Crippen molar-refractivity contribution < 1.29 is 9.21 Å². The van der Waals surface area contributed by atoms with Gasteiger partial charge in [0.15, 0.2) is 5.76 Å². The number of rotatable bonds is 6. The van der Waals surface area contributed by atoms with Gasteiger partial charge in [0.2, 0.25) is 0 Å². The predicted octanol–water partition coefficient (Wildman–Crippen LogP) is 4.27. The summed E-state index contributed by atoms with van der Waals surface area (Å²) in [6, 6.07) is 10.7. The quantitative estimate of drug-likeness (QED) is 0.811. The van der Waals surface area contributed by atoms with Crippen molar-refractivity contribution in [1.82, 2.24) is 5.32 Å². The first kappa shape index (κ1) is 19.6. The largest absolute Gasteiger partial charge is 0.451 e. The fourth-order valence-corrected chi connectivity index (χ4v) is 2.34. The van der Waals surface area contributed by atoms with Crippen LogP contribution < -0.4 is 11.1 Å². The molecule has 3 N–H and O–H groups in total. The molecule has 6 heteroatoms. The van der Waals surface area contributed by atoms with Gasteiger partial charge in [0.05, 0.1) is 5.02 Å². The van der Waals surface area contributed by atoms with Gasteiger partial charge in [-0.15, -0.1) is 12.4 Å². The molecule has 0 fully saturated rings. The minimum absolute atomic E-state index is 0. The molecule has 1 amide bonds. The lowest BCUT2D eigenvalue weighted by atomic mass is 9.94. The van der Waals surface area contributed by atoms with Gasteiger partial charge in [-0.05, 0) is 37.1 Å². The third kappa shape index (κ3) is 4.74. The molecule has 0 aliphatic heterocycles. The fourth-order valence-electron chi connectivity index (χ4n) is 2.11. The number of halogens is 2. The van der Waals surface area contributed by atoms with Crippen molar-refractivity contribution in [2.24, 2.45) is 5.73 Å². The maximum Gasteiger partial charge on any atom is 0.287 e. The molecule has 126 valence electrons. The van der Waals surface area contributed by atoms with Gasteiger partial charge < -0.3 is 15.5 Å². The van der Waals surface area contributed by atoms with Gasteiger partial charge in [-0.2, -0.15) is 0 Å². The zero-order valence-electron chi connectivity index (χ0n) is 13.3. The summed E-state index contributed by atoms with van der Waals surface area (Å²) in [5.41, 5.74) is 6.56. The molecule has 0 unspecified atom stereocenters. The van der Waals surface area contributed by atoms with E-state index >= 15 is 0 Å². The molecule has 0 bridgehead atoms. The maximum atomic E-state index is 12.2. The van der Waals surface area contributed by atoms with Crippen LogP contribution in [0.5, 0.6) is 0 Å². The molecule has 2 aromatic rings. The molecular weight excluding hydrogens is 335 g/mol. The van der Waals surface area contributed by atoms with E-state index in [0.717, 1.165) is 18.4 Å². The molecule has 0 aliphatic rings. The number of carbonyl (C=O) groups is 1. The number of carbonyl (C=O) groups excluding carboxylic acids is 1. The first-order chi connectivity index (χ1) is 10.5. The lowest BCUT2D eigenvalue weighted by Crippen LogP contribution is -2.49. The number of benzene rings is 1. The number of nitrogens with two attached hydrogens (primary N) is 1. The second kappa shape index (κ2) is 8.39. The zero-order chi connectivity index (χ0) is 16.2. The SMILES string of the molecule is CCC(N)(CC)CNC(=O)c1ccc(-c2ccccc2Cl)o1.Cl. The minimum Gasteiger partial charge on any atom is -0.451 e. The van der Waals surface area contributed by atoms with Crippen molar-refractivity contribution >= 4 is 29.9 Å². The summed E-state index contributed by atoms with van der Waals surface area (Å²) in [4.78, 5) is 12.2. The van der Waals surface area contributed by atoms with Crippen molar-refractivity contribution in [3.63, 3.8) is 0 Å². The molecule has 4 nitrogen and oxygen atoms in total. The number of furan rings is 1. The summed E-state index contributed by atoms with van der Waals surface area (Å²) in [5, 5.41) is 3.42. The third-order valence-corrected chi connectivity index (χ3v) is 4.31. The van der Waals surface area contributed by atoms with E-state index in [2.05, 4.69) is 5.32 Å². The molecule has 1 aromatic heterocycles. The summed E-state index contributed by atoms with van der Waals surface area (Å²) in [7, 11) is 0. The summed E-state index contributed by atoms with van der Waals surface area (Å²) >= 11 is 6.13. The van der Waals surface area contributed by atoms with Crippen LogP contribution in [0.4, 0.5) is 0 Å². The van der Waals surface area contributed by atoms with Crippen molar-refractivity contribution in [3.8, 4) is 11.3 Å². The monoisotopic (exact) mass is 356 g/mol. The highest BCUT2D eigenvalue weighted by Gasteiger charge is 2.22. The number of hydrogen-bond acceptors (Lipinski definition) is 3. The molecule has 0 aliphatic carbocycles. The Hall–Kier alpha value is -1.49. The average Bonchev–Trinajstić information content (AvgIpc) is 3.02. The van der Waals surface area contributed by atoms with Gasteiger partial charge in [0.25, 0.3) is 5.91 Å². The van der Waals surface area contributed by atoms with Gasteiger partial charge in [0.1, 0.15) is 5.76 Å². The van der Waals surface area contributed by atoms with Crippen molar-refractivity contribution in [2.45, 2.75) is 32.2 Å². The molecule has 0 saturated heterocycles. The first-order valence-electron chi connectivity index (χ1n) is 7.41. The second-order valence-electron chi connectivity index (χ2n) is 5.40. The van der Waals surface area contributed by atoms with E-state index < -0.39 is 0 Å². The topological polar surface area (TPSA) is 68.3 Å². The van der Waals surface area contributed by atoms with Crippen LogP contribution in [0.1, 0.15) is 37.2 Å². The van der Waals surface area contributed by atoms with Crippen LogP contribution in [-0.4, -0.2) is 18.0 Å². The molecule has 2 rings (SSSR count). The lowest BCUT2D eigenvalue weighted by molar-refractivity contribution is 0.0915. The lowest BCUT2D eigenvalue weighted by Gasteiger charge is -2.26. The van der Waals surface area contributed by atoms with Crippen molar-refractivity contribution in [2.75, 3.05) is 6.54 Å². The second-order valence-corrected chi connectivity index (χ2v) is 5.80. The van der Waals surface area contributed by atoms with E-state index in [0.29, 0.717) is 17.3 Å². The normalized spacial score (nSPS) is 11.0. The van der Waals surface area contributed by atoms with E-state index in [-0.39, 0.29) is 29.6 Å². The Bertz CT molecular complexity index is 652. The highest BCUT2D eigenvalue weighted by Crippen LogP contribution is 2.29. The van der Waals surface area contributed by atoms with Gasteiger partial charge in [-0.1, -0.05) is 37.6 Å². The Labute approximate surface area is 147 Å². The predicted molar refractivity (Wildman–Crippen MR) is 96.2 cm³/mol. The number of amides is 1. The summed E-state index contributed by atoms with van der Waals surface area (Å²) in [6.07, 6.45) is 1.60. The smallest absolute Gasteiger partial charge is 0.287 e. The van der Waals surface area contributed by atoms with E-state index in [4.69, 9.17) is 21.8 Å². The van der Waals surface area contributed by atoms with Gasteiger partial charge in [-0.3, -0.25) is 4.79 Å². The van der Waals surface area contributed by atoms with Crippen LogP contribution in [0.25, 0.3) is 11.3 Å². The van der Waals surface area contributed by atoms with Crippen LogP contribution >= 0.6 is 24.0 Å². The molecule has 1 heterocycles. The van der Waals surface area contributed by atoms with E-state index in [1.54, 1.807) is 18.2 Å². The number of hydrogen-bond donors (Lipinski definition) is 2. The fraction of sp³-hybridized carbons (Fsp3) is 0.353. The molecule has 0 saturated carbocycles. The Morgan fingerprint density at radius 3 is 2.48 bits per heavy atom. The number of nitrogens with one attached hydrogen (secondary N) is 1. The van der Waals surface area contributed by atoms with Crippen LogP contribution in [0.3, 0.4) is 0 Å². The Morgan fingerprint density at radius 2 is 1.87 bits per heavy atom. The van der Waals surface area contributed by atoms with Crippen molar-refractivity contribution in [3.05, 3.63) is 47.2 Å². The molecule has 0 spiro atoms. The van der Waals surface area contributed by atoms with Gasteiger partial charge in [0, 0.05) is 17.6 Å². The van der Waals surface area contributed by atoms with Crippen LogP contribution in [0, 0.1) is 0 Å². The van der Waals surface area contributed by atoms with Crippen LogP contribution in [-0.2, 0) is 0 Å². The molecule has 23 heavy (non-hydrogen) atoms. The third-order valence-electron chi connectivity index (χ3n) is 3.98.